The van der Waals surface area contributed by atoms with Gasteiger partial charge in [-0.15, -0.1) is 0 Å². The number of nitrogens with one attached hydrogen (secondary N) is 1. The summed E-state index contributed by atoms with van der Waals surface area (Å²) in [6.45, 7) is 0. The molecule has 2 aromatic carbocycles. The molecule has 0 saturated heterocycles. The molecule has 4 rings (SSSR count). The number of aromatic hydroxyl groups is 1. The normalized spacial score (nSPS) is 11.0. The Bertz CT molecular complexity index is 1130. The van der Waals surface area contributed by atoms with Crippen LogP contribution in [0.5, 0.6) is 5.75 Å². The number of nitrogens with zero attached hydrogens (tertiary/aromatic N) is 4. The first-order chi connectivity index (χ1) is 12.5. The number of rotatable bonds is 3. The predicted octanol–water partition coefficient (Wildman–Crippen LogP) is 2.55. The van der Waals surface area contributed by atoms with Crippen molar-refractivity contribution in [3.63, 3.8) is 0 Å². The molecular formula is C19H17N5O2. The van der Waals surface area contributed by atoms with Gasteiger partial charge in [0.15, 0.2) is 11.4 Å². The molecule has 7 nitrogen and oxygen atoms in total. The van der Waals surface area contributed by atoms with Crippen molar-refractivity contribution in [1.82, 2.24) is 19.7 Å². The molecule has 0 radical (unpaired) electrons. The van der Waals surface area contributed by atoms with Crippen LogP contribution in [0, 0.1) is 0 Å². The molecule has 0 aliphatic rings. The summed E-state index contributed by atoms with van der Waals surface area (Å²) in [5.41, 5.74) is 3.27. The molecule has 2 heterocycles. The van der Waals surface area contributed by atoms with Crippen molar-refractivity contribution in [3.05, 3.63) is 65.5 Å². The topological polar surface area (TPSA) is 87.0 Å². The molecule has 0 saturated carbocycles. The SMILES string of the molecule is CN(C)c1ccc(-c2ccc3c(O)c(-n4cncn4)c(=O)[nH]c3c2)cc1. The Balaban J connectivity index is 1.83. The van der Waals surface area contributed by atoms with Gasteiger partial charge in [-0.05, 0) is 35.4 Å². The average molecular weight is 347 g/mol. The zero-order valence-electron chi connectivity index (χ0n) is 14.3. The smallest absolute Gasteiger partial charge is 0.278 e. The van der Waals surface area contributed by atoms with Crippen molar-refractivity contribution >= 4 is 16.6 Å². The minimum Gasteiger partial charge on any atom is -0.505 e. The average Bonchev–Trinajstić information content (AvgIpc) is 3.15. The Hall–Kier alpha value is -3.61. The van der Waals surface area contributed by atoms with E-state index in [1.807, 2.05) is 55.4 Å². The fourth-order valence-corrected chi connectivity index (χ4v) is 2.94. The van der Waals surface area contributed by atoms with Crippen LogP contribution >= 0.6 is 0 Å². The van der Waals surface area contributed by atoms with Gasteiger partial charge in [0, 0.05) is 25.2 Å². The number of hydrogen-bond acceptors (Lipinski definition) is 5. The Morgan fingerprint density at radius 2 is 1.81 bits per heavy atom. The molecule has 26 heavy (non-hydrogen) atoms. The van der Waals surface area contributed by atoms with E-state index in [1.54, 1.807) is 6.07 Å². The van der Waals surface area contributed by atoms with Gasteiger partial charge in [0.05, 0.1) is 5.52 Å². The molecule has 2 N–H and O–H groups in total. The first-order valence-electron chi connectivity index (χ1n) is 8.06. The van der Waals surface area contributed by atoms with Crippen molar-refractivity contribution in [3.8, 4) is 22.6 Å². The maximum absolute atomic E-state index is 12.4. The van der Waals surface area contributed by atoms with Crippen LogP contribution in [0.25, 0.3) is 27.7 Å². The molecular weight excluding hydrogens is 330 g/mol. The van der Waals surface area contributed by atoms with Crippen LogP contribution in [0.2, 0.25) is 0 Å². The lowest BCUT2D eigenvalue weighted by Gasteiger charge is -2.13. The van der Waals surface area contributed by atoms with E-state index >= 15 is 0 Å². The van der Waals surface area contributed by atoms with Crippen LogP contribution < -0.4 is 10.5 Å². The molecule has 0 amide bonds. The van der Waals surface area contributed by atoms with E-state index in [4.69, 9.17) is 0 Å². The Morgan fingerprint density at radius 1 is 1.08 bits per heavy atom. The molecule has 0 fully saturated rings. The number of hydrogen-bond donors (Lipinski definition) is 2. The summed E-state index contributed by atoms with van der Waals surface area (Å²) in [6.07, 6.45) is 2.68. The third-order valence-corrected chi connectivity index (χ3v) is 4.33. The predicted molar refractivity (Wildman–Crippen MR) is 101 cm³/mol. The number of H-pyrrole nitrogens is 1. The molecule has 7 heteroatoms. The van der Waals surface area contributed by atoms with Crippen LogP contribution in [-0.4, -0.2) is 39.0 Å². The van der Waals surface area contributed by atoms with Crippen LogP contribution in [0.3, 0.4) is 0 Å². The van der Waals surface area contributed by atoms with Crippen LogP contribution in [-0.2, 0) is 0 Å². The molecule has 0 aliphatic carbocycles. The highest BCUT2D eigenvalue weighted by molar-refractivity contribution is 5.91. The first kappa shape index (κ1) is 15.9. The van der Waals surface area contributed by atoms with E-state index in [0.717, 1.165) is 16.8 Å². The lowest BCUT2D eigenvalue weighted by atomic mass is 10.0. The van der Waals surface area contributed by atoms with Gasteiger partial charge >= 0.3 is 0 Å². The van der Waals surface area contributed by atoms with Crippen LogP contribution in [0.4, 0.5) is 5.69 Å². The van der Waals surface area contributed by atoms with E-state index in [2.05, 4.69) is 15.1 Å². The minimum absolute atomic E-state index is 0.0538. The molecule has 0 bridgehead atoms. The summed E-state index contributed by atoms with van der Waals surface area (Å²) in [6, 6.07) is 13.7. The molecule has 0 aliphatic heterocycles. The summed E-state index contributed by atoms with van der Waals surface area (Å²) in [5.74, 6) is -0.122. The zero-order valence-corrected chi connectivity index (χ0v) is 14.3. The summed E-state index contributed by atoms with van der Waals surface area (Å²) in [4.78, 5) is 21.1. The van der Waals surface area contributed by atoms with E-state index in [0.29, 0.717) is 10.9 Å². The van der Waals surface area contributed by atoms with Gasteiger partial charge in [0.25, 0.3) is 5.56 Å². The van der Waals surface area contributed by atoms with Gasteiger partial charge in [-0.2, -0.15) is 5.10 Å². The Kier molecular flexibility index (Phi) is 3.69. The van der Waals surface area contributed by atoms with E-state index in [9.17, 15) is 9.90 Å². The molecule has 2 aromatic heterocycles. The second kappa shape index (κ2) is 6.03. The molecule has 130 valence electrons. The van der Waals surface area contributed by atoms with Gasteiger partial charge in [0.1, 0.15) is 12.7 Å². The van der Waals surface area contributed by atoms with E-state index in [1.165, 1.54) is 17.3 Å². The number of aromatic amines is 1. The Morgan fingerprint density at radius 3 is 2.46 bits per heavy atom. The van der Waals surface area contributed by atoms with Gasteiger partial charge in [-0.25, -0.2) is 9.67 Å². The molecule has 0 unspecified atom stereocenters. The largest absolute Gasteiger partial charge is 0.505 e. The number of benzene rings is 2. The number of pyridine rings is 1. The number of anilines is 1. The van der Waals surface area contributed by atoms with Crippen molar-refractivity contribution < 1.29 is 5.11 Å². The molecule has 4 aromatic rings. The van der Waals surface area contributed by atoms with Gasteiger partial charge in [-0.3, -0.25) is 4.79 Å². The standard InChI is InChI=1S/C19H17N5O2/c1-23(2)14-6-3-12(4-7-14)13-5-8-15-16(9-13)22-19(26)17(18(15)25)24-11-20-10-21-24/h3-11H,1-2H3,(H2,22,25,26). The van der Waals surface area contributed by atoms with Crippen molar-refractivity contribution in [2.45, 2.75) is 0 Å². The summed E-state index contributed by atoms with van der Waals surface area (Å²) in [7, 11) is 3.98. The van der Waals surface area contributed by atoms with Gasteiger partial charge < -0.3 is 15.0 Å². The fourth-order valence-electron chi connectivity index (χ4n) is 2.94. The summed E-state index contributed by atoms with van der Waals surface area (Å²) >= 11 is 0. The lowest BCUT2D eigenvalue weighted by molar-refractivity contribution is 0.475. The van der Waals surface area contributed by atoms with Gasteiger partial charge in [0.2, 0.25) is 0 Å². The highest BCUT2D eigenvalue weighted by atomic mass is 16.3. The lowest BCUT2D eigenvalue weighted by Crippen LogP contribution is -2.15. The van der Waals surface area contributed by atoms with Crippen molar-refractivity contribution in [1.29, 1.82) is 0 Å². The number of aromatic nitrogens is 4. The first-order valence-corrected chi connectivity index (χ1v) is 8.06. The highest BCUT2D eigenvalue weighted by Crippen LogP contribution is 2.31. The maximum Gasteiger partial charge on any atom is 0.278 e. The summed E-state index contributed by atoms with van der Waals surface area (Å²) in [5, 5.41) is 15.0. The van der Waals surface area contributed by atoms with Crippen LogP contribution in [0.15, 0.2) is 59.9 Å². The van der Waals surface area contributed by atoms with Crippen LogP contribution in [0.1, 0.15) is 0 Å². The monoisotopic (exact) mass is 347 g/mol. The quantitative estimate of drug-likeness (QED) is 0.595. The second-order valence-corrected chi connectivity index (χ2v) is 6.19. The second-order valence-electron chi connectivity index (χ2n) is 6.19. The third kappa shape index (κ3) is 2.59. The third-order valence-electron chi connectivity index (χ3n) is 4.33. The minimum atomic E-state index is -0.430. The number of fused-ring (bicyclic) bond motifs is 1. The Labute approximate surface area is 149 Å². The summed E-state index contributed by atoms with van der Waals surface area (Å²) < 4.78 is 1.25. The molecule has 0 spiro atoms. The van der Waals surface area contributed by atoms with Gasteiger partial charge in [-0.1, -0.05) is 18.2 Å². The zero-order chi connectivity index (χ0) is 18.3. The maximum atomic E-state index is 12.4. The van der Waals surface area contributed by atoms with Crippen molar-refractivity contribution in [2.24, 2.45) is 0 Å². The van der Waals surface area contributed by atoms with E-state index < -0.39 is 5.56 Å². The van der Waals surface area contributed by atoms with Crippen molar-refractivity contribution in [2.75, 3.05) is 19.0 Å². The highest BCUT2D eigenvalue weighted by Gasteiger charge is 2.15. The molecule has 0 atom stereocenters. The fraction of sp³-hybridized carbons (Fsp3) is 0.105. The van der Waals surface area contributed by atoms with E-state index in [-0.39, 0.29) is 11.4 Å².